The first-order valence-electron chi connectivity index (χ1n) is 18.1. The fraction of sp³-hybridized carbons (Fsp3) is 0.861. The fourth-order valence-electron chi connectivity index (χ4n) is 5.39. The second kappa shape index (κ2) is 30.4. The first kappa shape index (κ1) is 42.8. The molecule has 0 aromatic rings. The first-order chi connectivity index (χ1) is 21.2. The van der Waals surface area contributed by atoms with Gasteiger partial charge in [0.25, 0.3) is 10.1 Å². The van der Waals surface area contributed by atoms with E-state index < -0.39 is 40.0 Å². The van der Waals surface area contributed by atoms with Crippen molar-refractivity contribution >= 4 is 16.0 Å². The van der Waals surface area contributed by atoms with Gasteiger partial charge in [0.05, 0.1) is 17.9 Å². The maximum absolute atomic E-state index is 12.5. The average molecular weight is 644 g/mol. The van der Waals surface area contributed by atoms with Gasteiger partial charge in [0, 0.05) is 0 Å². The van der Waals surface area contributed by atoms with Crippen LogP contribution in [0, 0.1) is 0 Å². The molecule has 0 radical (unpaired) electrons. The zero-order chi connectivity index (χ0) is 32.7. The molecule has 3 atom stereocenters. The van der Waals surface area contributed by atoms with Crippen molar-refractivity contribution in [1.29, 1.82) is 0 Å². The number of aliphatic hydroxyl groups excluding tert-OH is 2. The number of hydrogen-bond acceptors (Lipinski definition) is 5. The van der Waals surface area contributed by atoms with E-state index in [1.54, 1.807) is 6.08 Å². The van der Waals surface area contributed by atoms with Crippen molar-refractivity contribution in [2.75, 3.05) is 5.75 Å². The molecule has 0 rings (SSSR count). The van der Waals surface area contributed by atoms with Gasteiger partial charge in [0.1, 0.15) is 6.10 Å². The van der Waals surface area contributed by atoms with Crippen LogP contribution in [0.4, 0.5) is 0 Å². The second-order valence-electron chi connectivity index (χ2n) is 12.6. The Bertz CT molecular complexity index is 813. The molecule has 0 aromatic heterocycles. The van der Waals surface area contributed by atoms with Crippen LogP contribution in [0.1, 0.15) is 174 Å². The van der Waals surface area contributed by atoms with E-state index in [1.165, 1.54) is 109 Å². The molecule has 7 nitrogen and oxygen atoms in total. The number of amides is 1. The van der Waals surface area contributed by atoms with Crippen LogP contribution in [0.5, 0.6) is 0 Å². The smallest absolute Gasteiger partial charge is 0.267 e. The van der Waals surface area contributed by atoms with Gasteiger partial charge in [-0.15, -0.1) is 0 Å². The van der Waals surface area contributed by atoms with Gasteiger partial charge >= 0.3 is 0 Å². The monoisotopic (exact) mass is 643 g/mol. The van der Waals surface area contributed by atoms with E-state index >= 15 is 0 Å². The zero-order valence-electron chi connectivity index (χ0n) is 28.4. The molecule has 0 aromatic carbocycles. The van der Waals surface area contributed by atoms with E-state index in [-0.39, 0.29) is 6.42 Å². The summed E-state index contributed by atoms with van der Waals surface area (Å²) in [7, 11) is -4.43. The van der Waals surface area contributed by atoms with Crippen LogP contribution in [-0.4, -0.2) is 53.1 Å². The summed E-state index contributed by atoms with van der Waals surface area (Å²) in [6, 6.07) is -1.23. The van der Waals surface area contributed by atoms with Crippen LogP contribution in [-0.2, 0) is 14.9 Å². The maximum Gasteiger partial charge on any atom is 0.267 e. The summed E-state index contributed by atoms with van der Waals surface area (Å²) >= 11 is 0. The third kappa shape index (κ3) is 29.5. The topological polar surface area (TPSA) is 124 Å². The molecule has 0 heterocycles. The van der Waals surface area contributed by atoms with Crippen LogP contribution >= 0.6 is 0 Å². The van der Waals surface area contributed by atoms with Crippen LogP contribution in [0.25, 0.3) is 0 Å². The second-order valence-corrected chi connectivity index (χ2v) is 14.1. The molecule has 4 N–H and O–H groups in total. The number of nitrogens with one attached hydrogen (secondary N) is 1. The average Bonchev–Trinajstić information content (AvgIpc) is 2.98. The quantitative estimate of drug-likeness (QED) is 0.0329. The van der Waals surface area contributed by atoms with Crippen LogP contribution in [0.3, 0.4) is 0 Å². The minimum absolute atomic E-state index is 0.274. The molecule has 3 unspecified atom stereocenters. The lowest BCUT2D eigenvalue weighted by atomic mass is 10.0. The Labute approximate surface area is 271 Å². The van der Waals surface area contributed by atoms with Crippen LogP contribution < -0.4 is 5.32 Å². The third-order valence-electron chi connectivity index (χ3n) is 8.23. The highest BCUT2D eigenvalue weighted by Gasteiger charge is 2.27. The van der Waals surface area contributed by atoms with Gasteiger partial charge < -0.3 is 15.5 Å². The molecule has 0 aliphatic rings. The van der Waals surface area contributed by atoms with Crippen molar-refractivity contribution in [3.8, 4) is 0 Å². The highest BCUT2D eigenvalue weighted by molar-refractivity contribution is 7.85. The van der Waals surface area contributed by atoms with Gasteiger partial charge in [-0.1, -0.05) is 154 Å². The Kier molecular flexibility index (Phi) is 29.6. The molecule has 0 aliphatic carbocycles. The lowest BCUT2D eigenvalue weighted by Crippen LogP contribution is -2.50. The van der Waals surface area contributed by atoms with E-state index in [4.69, 9.17) is 0 Å². The molecule has 1 amide bonds. The van der Waals surface area contributed by atoms with Gasteiger partial charge in [-0.05, 0) is 44.9 Å². The zero-order valence-corrected chi connectivity index (χ0v) is 29.2. The summed E-state index contributed by atoms with van der Waals surface area (Å²) in [6.07, 6.45) is 33.7. The van der Waals surface area contributed by atoms with E-state index in [2.05, 4.69) is 31.3 Å². The molecular formula is C36H69NO6S. The standard InChI is InChI=1S/C36H69NO6S/c1-3-5-7-9-11-13-15-17-19-21-23-25-27-29-31-35(39)36(40)37-33(32-44(41,42)43)34(38)30-28-26-24-22-20-18-16-14-12-10-8-6-4-2/h13,15,28,30,33-35,38-39H,3-12,14,16-27,29,31-32H2,1-2H3,(H,37,40)(H,41,42,43)/b15-13-,30-28+. The van der Waals surface area contributed by atoms with E-state index in [0.717, 1.165) is 44.9 Å². The molecule has 8 heteroatoms. The lowest BCUT2D eigenvalue weighted by Gasteiger charge is -2.22. The molecule has 0 saturated carbocycles. The number of rotatable bonds is 32. The molecular weight excluding hydrogens is 574 g/mol. The largest absolute Gasteiger partial charge is 0.387 e. The van der Waals surface area contributed by atoms with E-state index in [9.17, 15) is 28.0 Å². The predicted molar refractivity (Wildman–Crippen MR) is 185 cm³/mol. The molecule has 0 spiro atoms. The predicted octanol–water partition coefficient (Wildman–Crippen LogP) is 8.99. The number of carbonyl (C=O) groups excluding carboxylic acids is 1. The Hall–Kier alpha value is -1.22. The number of aliphatic hydroxyl groups is 2. The minimum atomic E-state index is -4.43. The van der Waals surface area contributed by atoms with Gasteiger partial charge in [-0.2, -0.15) is 8.42 Å². The van der Waals surface area contributed by atoms with Crippen LogP contribution in [0.15, 0.2) is 24.3 Å². The molecule has 44 heavy (non-hydrogen) atoms. The van der Waals surface area contributed by atoms with E-state index in [0.29, 0.717) is 6.42 Å². The highest BCUT2D eigenvalue weighted by Crippen LogP contribution is 2.14. The van der Waals surface area contributed by atoms with Crippen molar-refractivity contribution in [3.05, 3.63) is 24.3 Å². The van der Waals surface area contributed by atoms with Crippen molar-refractivity contribution < 1.29 is 28.0 Å². The van der Waals surface area contributed by atoms with Crippen molar-refractivity contribution in [2.24, 2.45) is 0 Å². The summed E-state index contributed by atoms with van der Waals surface area (Å²) in [4.78, 5) is 12.5. The molecule has 0 fully saturated rings. The number of unbranched alkanes of at least 4 members (excludes halogenated alkanes) is 21. The number of allylic oxidation sites excluding steroid dienone is 3. The molecule has 260 valence electrons. The van der Waals surface area contributed by atoms with Gasteiger partial charge in [0.15, 0.2) is 0 Å². The van der Waals surface area contributed by atoms with Crippen LogP contribution in [0.2, 0.25) is 0 Å². The maximum atomic E-state index is 12.5. The summed E-state index contributed by atoms with van der Waals surface area (Å²) in [6.45, 7) is 4.46. The normalized spacial score (nSPS) is 14.4. The Balaban J connectivity index is 4.14. The summed E-state index contributed by atoms with van der Waals surface area (Å²) < 4.78 is 32.4. The molecule has 0 bridgehead atoms. The summed E-state index contributed by atoms with van der Waals surface area (Å²) in [5.41, 5.74) is 0. The van der Waals surface area contributed by atoms with Gasteiger partial charge in [0.2, 0.25) is 5.91 Å². The number of carbonyl (C=O) groups is 1. The highest BCUT2D eigenvalue weighted by atomic mass is 32.2. The Morgan fingerprint density at radius 2 is 1.00 bits per heavy atom. The third-order valence-corrected chi connectivity index (χ3v) is 9.01. The fourth-order valence-corrected chi connectivity index (χ4v) is 6.12. The number of hydrogen-bond donors (Lipinski definition) is 4. The SMILES string of the molecule is CCCCCC/C=C\CCCCCCCCC(O)C(=O)NC(CS(=O)(=O)O)C(O)/C=C/CCCCCCCCCCCCC. The minimum Gasteiger partial charge on any atom is -0.387 e. The summed E-state index contributed by atoms with van der Waals surface area (Å²) in [5, 5.41) is 23.3. The van der Waals surface area contributed by atoms with Gasteiger partial charge in [-0.3, -0.25) is 9.35 Å². The van der Waals surface area contributed by atoms with E-state index in [1.807, 2.05) is 0 Å². The summed E-state index contributed by atoms with van der Waals surface area (Å²) in [5.74, 6) is -1.54. The van der Waals surface area contributed by atoms with Crippen molar-refractivity contribution in [3.63, 3.8) is 0 Å². The van der Waals surface area contributed by atoms with Gasteiger partial charge in [-0.25, -0.2) is 0 Å². The van der Waals surface area contributed by atoms with Crippen molar-refractivity contribution in [1.82, 2.24) is 5.32 Å². The van der Waals surface area contributed by atoms with Crippen molar-refractivity contribution in [2.45, 2.75) is 193 Å². The molecule has 0 saturated heterocycles. The lowest BCUT2D eigenvalue weighted by molar-refractivity contribution is -0.130. The Morgan fingerprint density at radius 1 is 0.614 bits per heavy atom. The Morgan fingerprint density at radius 3 is 1.45 bits per heavy atom. The first-order valence-corrected chi connectivity index (χ1v) is 19.8. The molecule has 0 aliphatic heterocycles.